The minimum Gasteiger partial charge on any atom is -0.307 e. The van der Waals surface area contributed by atoms with Gasteiger partial charge in [0.1, 0.15) is 5.82 Å². The second-order valence-corrected chi connectivity index (χ2v) is 8.04. The Labute approximate surface area is 168 Å². The van der Waals surface area contributed by atoms with E-state index < -0.39 is 10.0 Å². The van der Waals surface area contributed by atoms with Crippen LogP contribution in [-0.2, 0) is 10.0 Å². The molecule has 0 atom stereocenters. The van der Waals surface area contributed by atoms with Gasteiger partial charge in [0.2, 0.25) is 0 Å². The summed E-state index contributed by atoms with van der Waals surface area (Å²) in [5, 5.41) is 4.49. The Hall–Kier alpha value is -3.71. The zero-order chi connectivity index (χ0) is 20.3. The average molecular weight is 403 g/mol. The molecule has 0 spiro atoms. The van der Waals surface area contributed by atoms with Crippen molar-refractivity contribution in [2.45, 2.75) is 4.90 Å². The molecule has 0 unspecified atom stereocenters. The molecule has 0 aliphatic carbocycles. The number of fused-ring (bicyclic) bond motifs is 1. The van der Waals surface area contributed by atoms with Crippen LogP contribution in [0.25, 0.3) is 10.8 Å². The van der Waals surface area contributed by atoms with Crippen molar-refractivity contribution in [1.29, 1.82) is 0 Å². The SMILES string of the molecule is O=C(Nc1ccccn1)c1ccc(NS(=O)(=O)c2ccc3ccccc3c2)cc1. The maximum Gasteiger partial charge on any atom is 0.261 e. The van der Waals surface area contributed by atoms with Gasteiger partial charge in [0.25, 0.3) is 15.9 Å². The molecule has 0 fully saturated rings. The smallest absolute Gasteiger partial charge is 0.261 e. The quantitative estimate of drug-likeness (QED) is 0.520. The van der Waals surface area contributed by atoms with Crippen LogP contribution in [0, 0.1) is 0 Å². The number of benzene rings is 3. The van der Waals surface area contributed by atoms with Gasteiger partial charge in [-0.2, -0.15) is 0 Å². The highest BCUT2D eigenvalue weighted by Gasteiger charge is 2.15. The van der Waals surface area contributed by atoms with E-state index in [0.29, 0.717) is 17.1 Å². The van der Waals surface area contributed by atoms with Gasteiger partial charge in [0, 0.05) is 17.4 Å². The summed E-state index contributed by atoms with van der Waals surface area (Å²) < 4.78 is 28.0. The van der Waals surface area contributed by atoms with Crippen LogP contribution in [0.15, 0.2) is 96.0 Å². The monoisotopic (exact) mass is 403 g/mol. The molecular formula is C22H17N3O3S. The summed E-state index contributed by atoms with van der Waals surface area (Å²) in [4.78, 5) is 16.5. The summed E-state index contributed by atoms with van der Waals surface area (Å²) in [6.45, 7) is 0. The Morgan fingerprint density at radius 2 is 1.52 bits per heavy atom. The molecule has 1 amide bonds. The first-order valence-corrected chi connectivity index (χ1v) is 10.3. The van der Waals surface area contributed by atoms with Crippen LogP contribution in [-0.4, -0.2) is 19.3 Å². The number of hydrogen-bond donors (Lipinski definition) is 2. The average Bonchev–Trinajstić information content (AvgIpc) is 2.74. The summed E-state index contributed by atoms with van der Waals surface area (Å²) in [6, 6.07) is 23.9. The molecule has 0 aliphatic rings. The van der Waals surface area contributed by atoms with Crippen molar-refractivity contribution in [1.82, 2.24) is 4.98 Å². The van der Waals surface area contributed by atoms with Gasteiger partial charge in [0.15, 0.2) is 0 Å². The molecule has 7 heteroatoms. The lowest BCUT2D eigenvalue weighted by atomic mass is 10.1. The zero-order valence-electron chi connectivity index (χ0n) is 15.2. The number of anilines is 2. The molecule has 144 valence electrons. The maximum absolute atomic E-state index is 12.7. The predicted molar refractivity (Wildman–Crippen MR) is 113 cm³/mol. The molecule has 1 aromatic heterocycles. The van der Waals surface area contributed by atoms with Crippen molar-refractivity contribution in [3.05, 3.63) is 96.7 Å². The molecule has 0 aliphatic heterocycles. The number of nitrogens with one attached hydrogen (secondary N) is 2. The molecule has 4 rings (SSSR count). The van der Waals surface area contributed by atoms with E-state index in [1.807, 2.05) is 24.3 Å². The van der Waals surface area contributed by atoms with Crippen LogP contribution in [0.2, 0.25) is 0 Å². The van der Waals surface area contributed by atoms with E-state index in [4.69, 9.17) is 0 Å². The van der Waals surface area contributed by atoms with E-state index in [1.54, 1.807) is 66.9 Å². The maximum atomic E-state index is 12.7. The van der Waals surface area contributed by atoms with Gasteiger partial charge in [-0.15, -0.1) is 0 Å². The minimum atomic E-state index is -3.75. The number of nitrogens with zero attached hydrogens (tertiary/aromatic N) is 1. The molecule has 0 saturated carbocycles. The third kappa shape index (κ3) is 4.25. The van der Waals surface area contributed by atoms with E-state index in [1.165, 1.54) is 0 Å². The third-order valence-corrected chi connectivity index (χ3v) is 5.72. The highest BCUT2D eigenvalue weighted by Crippen LogP contribution is 2.21. The van der Waals surface area contributed by atoms with Crippen molar-refractivity contribution in [2.75, 3.05) is 10.0 Å². The van der Waals surface area contributed by atoms with Gasteiger partial charge in [-0.1, -0.05) is 36.4 Å². The fourth-order valence-electron chi connectivity index (χ4n) is 2.86. The van der Waals surface area contributed by atoms with Gasteiger partial charge < -0.3 is 5.32 Å². The van der Waals surface area contributed by atoms with E-state index in [-0.39, 0.29) is 10.8 Å². The molecule has 6 nitrogen and oxygen atoms in total. The molecular weight excluding hydrogens is 386 g/mol. The number of carbonyl (C=O) groups excluding carboxylic acids is 1. The fourth-order valence-corrected chi connectivity index (χ4v) is 3.96. The molecule has 0 saturated heterocycles. The summed E-state index contributed by atoms with van der Waals surface area (Å²) in [5.41, 5.74) is 0.761. The van der Waals surface area contributed by atoms with Crippen LogP contribution in [0.1, 0.15) is 10.4 Å². The van der Waals surface area contributed by atoms with E-state index in [0.717, 1.165) is 10.8 Å². The van der Waals surface area contributed by atoms with Crippen LogP contribution >= 0.6 is 0 Å². The van der Waals surface area contributed by atoms with Gasteiger partial charge in [0.05, 0.1) is 4.90 Å². The molecule has 2 N–H and O–H groups in total. The Morgan fingerprint density at radius 3 is 2.24 bits per heavy atom. The van der Waals surface area contributed by atoms with Gasteiger partial charge >= 0.3 is 0 Å². The topological polar surface area (TPSA) is 88.2 Å². The summed E-state index contributed by atoms with van der Waals surface area (Å²) in [6.07, 6.45) is 1.58. The second-order valence-electron chi connectivity index (χ2n) is 6.36. The molecule has 4 aromatic rings. The Morgan fingerprint density at radius 1 is 0.793 bits per heavy atom. The lowest BCUT2D eigenvalue weighted by molar-refractivity contribution is 0.102. The van der Waals surface area contributed by atoms with Crippen molar-refractivity contribution in [2.24, 2.45) is 0 Å². The fraction of sp³-hybridized carbons (Fsp3) is 0. The molecule has 29 heavy (non-hydrogen) atoms. The van der Waals surface area contributed by atoms with Crippen LogP contribution < -0.4 is 10.0 Å². The Balaban J connectivity index is 1.50. The number of rotatable bonds is 5. The Kier molecular flexibility index (Phi) is 4.97. The number of pyridine rings is 1. The number of sulfonamides is 1. The van der Waals surface area contributed by atoms with Crippen LogP contribution in [0.3, 0.4) is 0 Å². The van der Waals surface area contributed by atoms with Crippen molar-refractivity contribution >= 4 is 38.2 Å². The minimum absolute atomic E-state index is 0.174. The first kappa shape index (κ1) is 18.6. The largest absolute Gasteiger partial charge is 0.307 e. The summed E-state index contributed by atoms with van der Waals surface area (Å²) >= 11 is 0. The summed E-state index contributed by atoms with van der Waals surface area (Å²) in [5.74, 6) is 0.117. The highest BCUT2D eigenvalue weighted by molar-refractivity contribution is 7.92. The molecule has 0 bridgehead atoms. The molecule has 0 radical (unpaired) electrons. The standard InChI is InChI=1S/C22H17N3O3S/c26-22(24-21-7-3-4-14-23-21)17-8-11-19(12-9-17)25-29(27,28)20-13-10-16-5-1-2-6-18(16)15-20/h1-15,25H,(H,23,24,26). The lowest BCUT2D eigenvalue weighted by Crippen LogP contribution is -2.14. The number of carbonyl (C=O) groups is 1. The van der Waals surface area contributed by atoms with Gasteiger partial charge in [-0.25, -0.2) is 13.4 Å². The molecule has 3 aromatic carbocycles. The molecule has 1 heterocycles. The first-order chi connectivity index (χ1) is 14.0. The summed E-state index contributed by atoms with van der Waals surface area (Å²) in [7, 11) is -3.75. The third-order valence-electron chi connectivity index (χ3n) is 4.34. The normalized spacial score (nSPS) is 11.2. The van der Waals surface area contributed by atoms with Crippen LogP contribution in [0.4, 0.5) is 11.5 Å². The van der Waals surface area contributed by atoms with Crippen LogP contribution in [0.5, 0.6) is 0 Å². The predicted octanol–water partition coefficient (Wildman–Crippen LogP) is 4.29. The highest BCUT2D eigenvalue weighted by atomic mass is 32.2. The van der Waals surface area contributed by atoms with Crippen molar-refractivity contribution in [3.8, 4) is 0 Å². The lowest BCUT2D eigenvalue weighted by Gasteiger charge is -2.10. The second kappa shape index (κ2) is 7.73. The number of hydrogen-bond acceptors (Lipinski definition) is 4. The van der Waals surface area contributed by atoms with Gasteiger partial charge in [-0.3, -0.25) is 9.52 Å². The zero-order valence-corrected chi connectivity index (χ0v) is 16.1. The van der Waals surface area contributed by atoms with E-state index in [9.17, 15) is 13.2 Å². The van der Waals surface area contributed by atoms with Crippen molar-refractivity contribution < 1.29 is 13.2 Å². The van der Waals surface area contributed by atoms with Gasteiger partial charge in [-0.05, 0) is 59.3 Å². The van der Waals surface area contributed by atoms with E-state index in [2.05, 4.69) is 15.0 Å². The number of aromatic nitrogens is 1. The first-order valence-electron chi connectivity index (χ1n) is 8.85. The number of amides is 1. The van der Waals surface area contributed by atoms with E-state index >= 15 is 0 Å². The van der Waals surface area contributed by atoms with Crippen molar-refractivity contribution in [3.63, 3.8) is 0 Å². The Bertz CT molecular complexity index is 1270.